The van der Waals surface area contributed by atoms with Gasteiger partial charge in [0.25, 0.3) is 5.91 Å². The zero-order chi connectivity index (χ0) is 31.0. The summed E-state index contributed by atoms with van der Waals surface area (Å²) in [5, 5.41) is 45.1. The summed E-state index contributed by atoms with van der Waals surface area (Å²) in [6.45, 7) is 4.44. The predicted octanol–water partition coefficient (Wildman–Crippen LogP) is 0.971. The molecule has 2 aromatic rings. The molecule has 3 aliphatic carbocycles. The number of ketones is 2. The Bertz CT molecular complexity index is 1600. The van der Waals surface area contributed by atoms with E-state index >= 15 is 0 Å². The van der Waals surface area contributed by atoms with Crippen LogP contribution in [0.5, 0.6) is 5.75 Å². The van der Waals surface area contributed by atoms with Crippen molar-refractivity contribution in [1.82, 2.24) is 14.7 Å². The number of phenols is 1. The molecule has 4 atom stereocenters. The van der Waals surface area contributed by atoms with E-state index in [1.54, 1.807) is 20.2 Å². The van der Waals surface area contributed by atoms with Crippen LogP contribution in [-0.4, -0.2) is 112 Å². The minimum atomic E-state index is -2.67. The van der Waals surface area contributed by atoms with Crippen molar-refractivity contribution in [3.8, 4) is 17.1 Å². The molecular weight excluding hydrogens is 556 g/mol. The van der Waals surface area contributed by atoms with E-state index in [1.807, 2.05) is 12.1 Å². The van der Waals surface area contributed by atoms with E-state index in [2.05, 4.69) is 16.8 Å². The monoisotopic (exact) mass is 592 g/mol. The molecule has 0 spiro atoms. The second kappa shape index (κ2) is 10.3. The third kappa shape index (κ3) is 4.39. The van der Waals surface area contributed by atoms with Gasteiger partial charge in [0.1, 0.15) is 34.4 Å². The lowest BCUT2D eigenvalue weighted by molar-refractivity contribution is -0.153. The highest BCUT2D eigenvalue weighted by Gasteiger charge is 2.64. The van der Waals surface area contributed by atoms with E-state index < -0.39 is 58.0 Å². The molecular formula is C31H36N4O8. The van der Waals surface area contributed by atoms with Crippen LogP contribution in [0.1, 0.15) is 23.3 Å². The highest BCUT2D eigenvalue weighted by molar-refractivity contribution is 6.24. The second-order valence-corrected chi connectivity index (χ2v) is 12.3. The van der Waals surface area contributed by atoms with Crippen molar-refractivity contribution in [3.05, 3.63) is 58.1 Å². The van der Waals surface area contributed by atoms with Crippen molar-refractivity contribution in [2.45, 2.75) is 31.0 Å². The number of furan rings is 1. The van der Waals surface area contributed by atoms with Gasteiger partial charge in [0, 0.05) is 43.2 Å². The summed E-state index contributed by atoms with van der Waals surface area (Å²) in [6.07, 6.45) is 0.209. The zero-order valence-corrected chi connectivity index (χ0v) is 24.3. The molecule has 12 heteroatoms. The van der Waals surface area contributed by atoms with Gasteiger partial charge in [-0.1, -0.05) is 0 Å². The Morgan fingerprint density at radius 3 is 2.44 bits per heavy atom. The molecule has 0 unspecified atom stereocenters. The fraction of sp³-hybridized carbons (Fsp3) is 0.452. The molecule has 1 saturated carbocycles. The molecule has 43 heavy (non-hydrogen) atoms. The van der Waals surface area contributed by atoms with Crippen molar-refractivity contribution in [3.63, 3.8) is 0 Å². The van der Waals surface area contributed by atoms with Gasteiger partial charge in [-0.25, -0.2) is 0 Å². The number of nitrogens with two attached hydrogens (primary N) is 1. The average Bonchev–Trinajstić information content (AvgIpc) is 3.40. The van der Waals surface area contributed by atoms with Crippen molar-refractivity contribution >= 4 is 23.2 Å². The molecule has 12 nitrogen and oxygen atoms in total. The first-order valence-electron chi connectivity index (χ1n) is 14.3. The van der Waals surface area contributed by atoms with E-state index in [0.29, 0.717) is 23.4 Å². The number of carbonyl (C=O) groups is 3. The summed E-state index contributed by atoms with van der Waals surface area (Å²) >= 11 is 0. The van der Waals surface area contributed by atoms with Gasteiger partial charge in [0.15, 0.2) is 11.4 Å². The number of fused-ring (bicyclic) bond motifs is 3. The van der Waals surface area contributed by atoms with Crippen molar-refractivity contribution in [2.75, 3.05) is 47.3 Å². The van der Waals surface area contributed by atoms with E-state index in [0.717, 1.165) is 31.9 Å². The van der Waals surface area contributed by atoms with E-state index in [4.69, 9.17) is 10.2 Å². The van der Waals surface area contributed by atoms with Gasteiger partial charge < -0.3 is 35.5 Å². The number of phenolic OH excluding ortho intramolecular Hbond substituents is 1. The summed E-state index contributed by atoms with van der Waals surface area (Å²) < 4.78 is 6.23. The number of hydrogen-bond acceptors (Lipinski definition) is 11. The molecule has 0 bridgehead atoms. The maximum absolute atomic E-state index is 14.0. The van der Waals surface area contributed by atoms with Gasteiger partial charge in [0.2, 0.25) is 5.78 Å². The van der Waals surface area contributed by atoms with Crippen LogP contribution in [0.4, 0.5) is 0 Å². The van der Waals surface area contributed by atoms with E-state index in [-0.39, 0.29) is 29.7 Å². The van der Waals surface area contributed by atoms with E-state index in [9.17, 15) is 34.8 Å². The minimum Gasteiger partial charge on any atom is -0.508 e. The normalized spacial score (nSPS) is 28.3. The Morgan fingerprint density at radius 2 is 1.79 bits per heavy atom. The van der Waals surface area contributed by atoms with Crippen LogP contribution in [0.2, 0.25) is 0 Å². The molecule has 1 amide bonds. The lowest BCUT2D eigenvalue weighted by Crippen LogP contribution is -2.65. The van der Waals surface area contributed by atoms with Gasteiger partial charge in [-0.05, 0) is 69.7 Å². The van der Waals surface area contributed by atoms with E-state index in [1.165, 1.54) is 11.0 Å². The second-order valence-electron chi connectivity index (χ2n) is 12.3. The van der Waals surface area contributed by atoms with Crippen molar-refractivity contribution in [2.24, 2.45) is 17.6 Å². The summed E-state index contributed by atoms with van der Waals surface area (Å²) in [7, 11) is 5.23. The molecule has 1 aliphatic heterocycles. The Labute approximate surface area is 248 Å². The van der Waals surface area contributed by atoms with Crippen LogP contribution in [-0.2, 0) is 27.3 Å². The fourth-order valence-corrected chi connectivity index (χ4v) is 7.31. The van der Waals surface area contributed by atoms with Gasteiger partial charge >= 0.3 is 0 Å². The predicted molar refractivity (Wildman–Crippen MR) is 155 cm³/mol. The number of primary amides is 1. The van der Waals surface area contributed by atoms with Crippen LogP contribution in [0.25, 0.3) is 17.1 Å². The number of aliphatic hydroxyl groups is 3. The topological polar surface area (TPSA) is 181 Å². The summed E-state index contributed by atoms with van der Waals surface area (Å²) in [6, 6.07) is 5.72. The Hall–Kier alpha value is -3.97. The number of likely N-dealkylation sites (N-methyl/N-ethyl adjacent to an activating group) is 2. The smallest absolute Gasteiger partial charge is 0.255 e. The number of nitrogens with zero attached hydrogens (tertiary/aromatic N) is 3. The molecule has 1 aromatic heterocycles. The van der Waals surface area contributed by atoms with Crippen LogP contribution in [0.15, 0.2) is 45.6 Å². The minimum absolute atomic E-state index is 0.0215. The molecule has 6 rings (SSSR count). The summed E-state index contributed by atoms with van der Waals surface area (Å²) in [5.74, 6) is -5.47. The number of piperazine rings is 1. The third-order valence-corrected chi connectivity index (χ3v) is 9.51. The number of Topliss-reactive ketones (excluding diaryl/α,β-unsaturated/α-hetero) is 2. The maximum atomic E-state index is 14.0. The molecule has 6 N–H and O–H groups in total. The molecule has 1 saturated heterocycles. The number of hydrogen-bond donors (Lipinski definition) is 5. The van der Waals surface area contributed by atoms with Crippen molar-refractivity contribution < 1.29 is 39.2 Å². The quantitative estimate of drug-likeness (QED) is 0.312. The Kier molecular flexibility index (Phi) is 7.00. The van der Waals surface area contributed by atoms with Crippen LogP contribution in [0.3, 0.4) is 0 Å². The Morgan fingerprint density at radius 1 is 1.09 bits per heavy atom. The highest BCUT2D eigenvalue weighted by Crippen LogP contribution is 2.53. The summed E-state index contributed by atoms with van der Waals surface area (Å²) in [5.41, 5.74) is 2.93. The maximum Gasteiger partial charge on any atom is 0.255 e. The number of amides is 1. The lowest BCUT2D eigenvalue weighted by atomic mass is 9.57. The lowest BCUT2D eigenvalue weighted by Gasteiger charge is -2.50. The van der Waals surface area contributed by atoms with Crippen LogP contribution >= 0.6 is 0 Å². The number of aromatic hydroxyl groups is 1. The van der Waals surface area contributed by atoms with Crippen LogP contribution in [0, 0.1) is 11.8 Å². The molecule has 2 heterocycles. The number of benzene rings is 1. The van der Waals surface area contributed by atoms with Crippen LogP contribution < -0.4 is 5.73 Å². The molecule has 2 fully saturated rings. The first kappa shape index (κ1) is 29.1. The van der Waals surface area contributed by atoms with Gasteiger partial charge in [-0.2, -0.15) is 0 Å². The first-order valence-corrected chi connectivity index (χ1v) is 14.3. The summed E-state index contributed by atoms with van der Waals surface area (Å²) in [4.78, 5) is 45.5. The highest BCUT2D eigenvalue weighted by atomic mass is 16.4. The van der Waals surface area contributed by atoms with Gasteiger partial charge in [-0.15, -0.1) is 0 Å². The van der Waals surface area contributed by atoms with Gasteiger partial charge in [-0.3, -0.25) is 24.2 Å². The van der Waals surface area contributed by atoms with Crippen molar-refractivity contribution in [1.29, 1.82) is 0 Å². The first-order chi connectivity index (χ1) is 20.3. The molecule has 1 aromatic carbocycles. The Balaban J connectivity index is 1.42. The fourth-order valence-electron chi connectivity index (χ4n) is 7.31. The SMILES string of the molecule is CN1CCN(Cc2ccc(-c3ccc(O)c4c3C[C@H]3C[C@H]5[C@H](N(C)C)C(=O)C(C(N)=O)=C(O)[C@@]5(O)C(=O)C3=C4O)o2)CC1. The molecule has 0 radical (unpaired) electrons. The number of carbonyl (C=O) groups excluding carboxylic acids is 3. The average molecular weight is 593 g/mol. The van der Waals surface area contributed by atoms with Gasteiger partial charge in [0.05, 0.1) is 18.2 Å². The zero-order valence-electron chi connectivity index (χ0n) is 24.3. The largest absolute Gasteiger partial charge is 0.508 e. The number of rotatable bonds is 5. The third-order valence-electron chi connectivity index (χ3n) is 9.51. The number of aliphatic hydroxyl groups excluding tert-OH is 2. The standard InChI is InChI=1S/C31H36N4O8/c1-33(2)25-19-13-15-12-18-17(21-7-4-16(43-21)14-35-10-8-34(3)9-11-35)5-6-20(36)23(18)26(37)22(15)28(39)31(19,42)29(40)24(27(25)38)30(32)41/h4-7,15,19,25,36-37,40,42H,8-14H2,1-3H3,(H2,32,41)/t15-,19-,25-,31-/m0/s1. The molecule has 228 valence electrons. The molecule has 4 aliphatic rings.